The average molecular weight is 449 g/mol. The first kappa shape index (κ1) is 21.0. The summed E-state index contributed by atoms with van der Waals surface area (Å²) in [4.78, 5) is 54.4. The Morgan fingerprint density at radius 1 is 1.30 bits per heavy atom. The van der Waals surface area contributed by atoms with Crippen molar-refractivity contribution < 1.29 is 24.4 Å². The molecule has 0 radical (unpaired) electrons. The SMILES string of the molecule is CCC(=O)c1c2c(c(=O)n3c1-c1nc4ccc([N+](=O)[O-])cc4cc1C3)COC(=O)[C@]2(O)CC. The molecule has 33 heavy (non-hydrogen) atoms. The van der Waals surface area contributed by atoms with Crippen molar-refractivity contribution >= 4 is 28.3 Å². The zero-order chi connectivity index (χ0) is 23.7. The van der Waals surface area contributed by atoms with E-state index in [-0.39, 0.29) is 59.8 Å². The predicted octanol–water partition coefficient (Wildman–Crippen LogP) is 2.58. The van der Waals surface area contributed by atoms with E-state index in [2.05, 4.69) is 4.98 Å². The van der Waals surface area contributed by atoms with E-state index < -0.39 is 22.1 Å². The quantitative estimate of drug-likeness (QED) is 0.217. The van der Waals surface area contributed by atoms with E-state index in [1.54, 1.807) is 19.9 Å². The van der Waals surface area contributed by atoms with Crippen molar-refractivity contribution in [3.63, 3.8) is 0 Å². The molecule has 0 aliphatic carbocycles. The third-order valence-corrected chi connectivity index (χ3v) is 6.41. The third kappa shape index (κ3) is 2.77. The topological polar surface area (TPSA) is 142 Å². The van der Waals surface area contributed by atoms with Gasteiger partial charge in [0.25, 0.3) is 11.2 Å². The lowest BCUT2D eigenvalue weighted by atomic mass is 9.80. The monoisotopic (exact) mass is 449 g/mol. The molecule has 2 aromatic heterocycles. The summed E-state index contributed by atoms with van der Waals surface area (Å²) in [6.45, 7) is 3.00. The van der Waals surface area contributed by atoms with Crippen molar-refractivity contribution in [3.05, 3.63) is 67.0 Å². The van der Waals surface area contributed by atoms with Crippen molar-refractivity contribution in [2.75, 3.05) is 0 Å². The number of aromatic nitrogens is 2. The number of nitro benzene ring substituents is 1. The maximum atomic E-state index is 13.4. The number of ketones is 1. The molecule has 10 heteroatoms. The van der Waals surface area contributed by atoms with Crippen molar-refractivity contribution in [1.29, 1.82) is 0 Å². The number of carbonyl (C=O) groups excluding carboxylic acids is 2. The van der Waals surface area contributed by atoms with Crippen LogP contribution in [0.3, 0.4) is 0 Å². The van der Waals surface area contributed by atoms with Crippen LogP contribution in [-0.2, 0) is 28.3 Å². The Kier molecular flexibility index (Phi) is 4.47. The zero-order valence-corrected chi connectivity index (χ0v) is 17.9. The summed E-state index contributed by atoms with van der Waals surface area (Å²) >= 11 is 0. The highest BCUT2D eigenvalue weighted by Gasteiger charge is 2.48. The van der Waals surface area contributed by atoms with Crippen LogP contribution in [0.1, 0.15) is 53.7 Å². The maximum absolute atomic E-state index is 13.4. The van der Waals surface area contributed by atoms with Crippen molar-refractivity contribution in [3.8, 4) is 11.4 Å². The van der Waals surface area contributed by atoms with Crippen LogP contribution in [0.2, 0.25) is 0 Å². The number of cyclic esters (lactones) is 1. The summed E-state index contributed by atoms with van der Waals surface area (Å²) in [5.41, 5.74) is -0.803. The molecule has 10 nitrogen and oxygen atoms in total. The van der Waals surface area contributed by atoms with Gasteiger partial charge in [-0.15, -0.1) is 0 Å². The molecule has 0 bridgehead atoms. The number of nitro groups is 1. The molecule has 0 unspecified atom stereocenters. The minimum Gasteiger partial charge on any atom is -0.458 e. The van der Waals surface area contributed by atoms with Gasteiger partial charge in [0.2, 0.25) is 0 Å². The molecule has 5 rings (SSSR count). The number of hydrogen-bond acceptors (Lipinski definition) is 8. The smallest absolute Gasteiger partial charge is 0.343 e. The first-order valence-corrected chi connectivity index (χ1v) is 10.5. The van der Waals surface area contributed by atoms with Gasteiger partial charge in [-0.2, -0.15) is 0 Å². The number of benzene rings is 1. The maximum Gasteiger partial charge on any atom is 0.343 e. The number of non-ortho nitro benzene ring substituents is 1. The largest absolute Gasteiger partial charge is 0.458 e. The van der Waals surface area contributed by atoms with Crippen LogP contribution in [0.4, 0.5) is 5.69 Å². The molecule has 0 saturated heterocycles. The van der Waals surface area contributed by atoms with Gasteiger partial charge in [-0.3, -0.25) is 19.7 Å². The van der Waals surface area contributed by atoms with Crippen LogP contribution in [-0.4, -0.2) is 31.3 Å². The van der Waals surface area contributed by atoms with Crippen molar-refractivity contribution in [1.82, 2.24) is 9.55 Å². The molecule has 0 saturated carbocycles. The van der Waals surface area contributed by atoms with Crippen LogP contribution in [0.15, 0.2) is 29.1 Å². The first-order chi connectivity index (χ1) is 15.7. The molecule has 2 aliphatic rings. The minimum atomic E-state index is -2.12. The Morgan fingerprint density at radius 3 is 2.73 bits per heavy atom. The highest BCUT2D eigenvalue weighted by Crippen LogP contribution is 2.43. The molecule has 1 aromatic carbocycles. The van der Waals surface area contributed by atoms with Gasteiger partial charge in [-0.05, 0) is 18.6 Å². The van der Waals surface area contributed by atoms with Crippen LogP contribution < -0.4 is 5.56 Å². The predicted molar refractivity (Wildman–Crippen MR) is 116 cm³/mol. The van der Waals surface area contributed by atoms with Crippen molar-refractivity contribution in [2.45, 2.75) is 45.4 Å². The number of aliphatic hydroxyl groups is 1. The fourth-order valence-corrected chi connectivity index (χ4v) is 4.71. The Hall–Kier alpha value is -3.92. The number of fused-ring (bicyclic) bond motifs is 5. The van der Waals surface area contributed by atoms with E-state index in [1.165, 1.54) is 22.8 Å². The third-order valence-electron chi connectivity index (χ3n) is 6.41. The van der Waals surface area contributed by atoms with E-state index in [9.17, 15) is 29.6 Å². The summed E-state index contributed by atoms with van der Waals surface area (Å²) in [5, 5.41) is 22.9. The van der Waals surface area contributed by atoms with Gasteiger partial charge in [-0.1, -0.05) is 13.8 Å². The molecule has 0 spiro atoms. The molecule has 0 amide bonds. The van der Waals surface area contributed by atoms with Gasteiger partial charge in [0.1, 0.15) is 6.61 Å². The lowest BCUT2D eigenvalue weighted by molar-refractivity contribution is -0.384. The Morgan fingerprint density at radius 2 is 2.06 bits per heavy atom. The molecular weight excluding hydrogens is 430 g/mol. The number of esters is 1. The van der Waals surface area contributed by atoms with Gasteiger partial charge in [0.15, 0.2) is 11.4 Å². The summed E-state index contributed by atoms with van der Waals surface area (Å²) < 4.78 is 6.51. The second-order valence-corrected chi connectivity index (χ2v) is 8.17. The summed E-state index contributed by atoms with van der Waals surface area (Å²) in [6.07, 6.45) is 0.00892. The van der Waals surface area contributed by atoms with Gasteiger partial charge in [0, 0.05) is 35.1 Å². The highest BCUT2D eigenvalue weighted by atomic mass is 16.6. The van der Waals surface area contributed by atoms with Gasteiger partial charge >= 0.3 is 5.97 Å². The molecule has 3 aromatic rings. The fraction of sp³-hybridized carbons (Fsp3) is 0.304. The molecule has 1 N–H and O–H groups in total. The molecule has 1 atom stereocenters. The minimum absolute atomic E-state index is 0.00259. The Labute approximate surface area is 186 Å². The summed E-state index contributed by atoms with van der Waals surface area (Å²) in [6, 6.07) is 5.96. The second-order valence-electron chi connectivity index (χ2n) is 8.17. The van der Waals surface area contributed by atoms with E-state index in [1.807, 2.05) is 0 Å². The lowest BCUT2D eigenvalue weighted by Gasteiger charge is -2.33. The molecule has 4 heterocycles. The van der Waals surface area contributed by atoms with E-state index >= 15 is 0 Å². The Bertz CT molecular complexity index is 1470. The van der Waals surface area contributed by atoms with E-state index in [4.69, 9.17) is 4.74 Å². The average Bonchev–Trinajstić information content (AvgIpc) is 3.18. The number of Topliss-reactive ketones (excluding diaryl/α,β-unsaturated/α-hetero) is 1. The standard InChI is InChI=1S/C23H19N3O7/c1-3-16(27)17-18-14(10-33-22(29)23(18,30)4-2)21(28)25-9-12-7-11-8-13(26(31)32)5-6-15(11)24-19(12)20(17)25/h5-8,30H,3-4,9-10H2,1-2H3/t23-/m0/s1. The number of nitrogens with zero attached hydrogens (tertiary/aromatic N) is 3. The van der Waals surface area contributed by atoms with Crippen LogP contribution in [0.25, 0.3) is 22.3 Å². The number of carbonyl (C=O) groups is 2. The van der Waals surface area contributed by atoms with Crippen molar-refractivity contribution in [2.24, 2.45) is 0 Å². The van der Waals surface area contributed by atoms with Crippen LogP contribution in [0, 0.1) is 10.1 Å². The van der Waals surface area contributed by atoms with E-state index in [0.717, 1.165) is 0 Å². The molecular formula is C23H19N3O7. The summed E-state index contributed by atoms with van der Waals surface area (Å²) in [5.74, 6) is -1.24. The molecule has 168 valence electrons. The number of rotatable bonds is 4. The van der Waals surface area contributed by atoms with Crippen LogP contribution >= 0.6 is 0 Å². The van der Waals surface area contributed by atoms with E-state index in [0.29, 0.717) is 22.2 Å². The number of pyridine rings is 2. The van der Waals surface area contributed by atoms with Gasteiger partial charge in [-0.25, -0.2) is 9.78 Å². The Balaban J connectivity index is 1.88. The molecule has 0 fully saturated rings. The molecule has 2 aliphatic heterocycles. The first-order valence-electron chi connectivity index (χ1n) is 10.5. The van der Waals surface area contributed by atoms with Crippen LogP contribution in [0.5, 0.6) is 0 Å². The highest BCUT2D eigenvalue weighted by molar-refractivity contribution is 6.06. The second kappa shape index (κ2) is 7.04. The fourth-order valence-electron chi connectivity index (χ4n) is 4.71. The van der Waals surface area contributed by atoms with Gasteiger partial charge < -0.3 is 14.4 Å². The number of hydrogen-bond donors (Lipinski definition) is 1. The zero-order valence-electron chi connectivity index (χ0n) is 17.9. The van der Waals surface area contributed by atoms with Gasteiger partial charge in [0.05, 0.1) is 39.5 Å². The summed E-state index contributed by atoms with van der Waals surface area (Å²) in [7, 11) is 0. The normalized spacial score (nSPS) is 18.5. The lowest BCUT2D eigenvalue weighted by Crippen LogP contribution is -2.46. The number of ether oxygens (including phenoxy) is 1.